The molecule has 0 radical (unpaired) electrons. The molecule has 72 valence electrons. The molecule has 0 aromatic heterocycles. The Bertz CT molecular complexity index is 238. The van der Waals surface area contributed by atoms with Crippen LogP contribution in [0.25, 0.3) is 0 Å². The van der Waals surface area contributed by atoms with Crippen LogP contribution in [0.3, 0.4) is 0 Å². The van der Waals surface area contributed by atoms with Crippen LogP contribution in [0, 0.1) is 5.41 Å². The van der Waals surface area contributed by atoms with Gasteiger partial charge in [0.1, 0.15) is 0 Å². The van der Waals surface area contributed by atoms with Crippen molar-refractivity contribution in [1.29, 1.82) is 0 Å². The van der Waals surface area contributed by atoms with Crippen molar-refractivity contribution in [2.45, 2.75) is 12.8 Å². The second-order valence-corrected chi connectivity index (χ2v) is 2.71. The van der Waals surface area contributed by atoms with Gasteiger partial charge >= 0.3 is 11.9 Å². The Morgan fingerprint density at radius 2 is 1.62 bits per heavy atom. The predicted molar refractivity (Wildman–Crippen MR) is 47.3 cm³/mol. The fourth-order valence-corrected chi connectivity index (χ4v) is 0.640. The van der Waals surface area contributed by atoms with E-state index in [4.69, 9.17) is 10.2 Å². The second kappa shape index (κ2) is 4.45. The van der Waals surface area contributed by atoms with Gasteiger partial charge in [0.15, 0.2) is 0 Å². The van der Waals surface area contributed by atoms with Crippen molar-refractivity contribution in [3.63, 3.8) is 0 Å². The van der Waals surface area contributed by atoms with E-state index in [2.05, 4.69) is 13.2 Å². The van der Waals surface area contributed by atoms with E-state index < -0.39 is 17.4 Å². The Hall–Kier alpha value is -1.58. The predicted octanol–water partition coefficient (Wildman–Crippen LogP) is 1.29. The van der Waals surface area contributed by atoms with Gasteiger partial charge in [-0.15, -0.1) is 6.58 Å². The number of aliphatic carboxylic acids is 2. The van der Waals surface area contributed by atoms with Crippen molar-refractivity contribution in [1.82, 2.24) is 0 Å². The molecule has 0 aromatic carbocycles. The molecule has 1 aliphatic rings. The first-order valence-corrected chi connectivity index (χ1v) is 3.71. The molecule has 1 fully saturated rings. The molecule has 0 saturated heterocycles. The van der Waals surface area contributed by atoms with Gasteiger partial charge in [0.2, 0.25) is 0 Å². The molecule has 0 aromatic rings. The molecule has 0 bridgehead atoms. The lowest BCUT2D eigenvalue weighted by Crippen LogP contribution is -2.10. The number of carboxylic acids is 2. The second-order valence-electron chi connectivity index (χ2n) is 2.71. The highest BCUT2D eigenvalue weighted by Gasteiger charge is 2.47. The Balaban J connectivity index is 0.000000252. The van der Waals surface area contributed by atoms with E-state index in [1.807, 2.05) is 0 Å². The van der Waals surface area contributed by atoms with E-state index >= 15 is 0 Å². The summed E-state index contributed by atoms with van der Waals surface area (Å²) in [6, 6.07) is 0. The van der Waals surface area contributed by atoms with Crippen molar-refractivity contribution in [3.05, 3.63) is 25.3 Å². The van der Waals surface area contributed by atoms with E-state index in [1.165, 1.54) is 6.08 Å². The standard InChI is InChI=1S/C6H8O2.C3H4O2/c1-2-6(3-4-6)5(7)8;1-2-3(4)5/h2H,1,3-4H2,(H,7,8);2H,1H2,(H,4,5). The Morgan fingerprint density at radius 3 is 1.62 bits per heavy atom. The van der Waals surface area contributed by atoms with E-state index in [0.29, 0.717) is 0 Å². The molecule has 2 N–H and O–H groups in total. The van der Waals surface area contributed by atoms with Gasteiger partial charge in [0.25, 0.3) is 0 Å². The van der Waals surface area contributed by atoms with Crippen LogP contribution < -0.4 is 0 Å². The number of carboxylic acid groups (broad SMARTS) is 2. The smallest absolute Gasteiger partial charge is 0.327 e. The van der Waals surface area contributed by atoms with E-state index in [0.717, 1.165) is 18.9 Å². The largest absolute Gasteiger partial charge is 0.481 e. The van der Waals surface area contributed by atoms with Gasteiger partial charge in [-0.2, -0.15) is 0 Å². The summed E-state index contributed by atoms with van der Waals surface area (Å²) >= 11 is 0. The summed E-state index contributed by atoms with van der Waals surface area (Å²) in [7, 11) is 0. The quantitative estimate of drug-likeness (QED) is 0.512. The lowest BCUT2D eigenvalue weighted by molar-refractivity contribution is -0.141. The fraction of sp³-hybridized carbons (Fsp3) is 0.333. The molecule has 1 saturated carbocycles. The van der Waals surface area contributed by atoms with Crippen LogP contribution in [-0.4, -0.2) is 22.2 Å². The minimum absolute atomic E-state index is 0.528. The van der Waals surface area contributed by atoms with Gasteiger partial charge in [-0.05, 0) is 12.8 Å². The topological polar surface area (TPSA) is 74.6 Å². The summed E-state index contributed by atoms with van der Waals surface area (Å²) in [4.78, 5) is 19.5. The SMILES string of the molecule is C=CC(=O)O.C=CC1(C(=O)O)CC1. The third-order valence-corrected chi connectivity index (χ3v) is 1.78. The summed E-state index contributed by atoms with van der Waals surface area (Å²) in [5.74, 6) is -1.71. The van der Waals surface area contributed by atoms with Crippen LogP contribution in [-0.2, 0) is 9.59 Å². The van der Waals surface area contributed by atoms with E-state index in [9.17, 15) is 9.59 Å². The highest BCUT2D eigenvalue weighted by atomic mass is 16.4. The third kappa shape index (κ3) is 3.55. The van der Waals surface area contributed by atoms with Gasteiger partial charge < -0.3 is 10.2 Å². The molecule has 1 aliphatic carbocycles. The molecule has 0 spiro atoms. The van der Waals surface area contributed by atoms with Crippen LogP contribution in [0.15, 0.2) is 25.3 Å². The van der Waals surface area contributed by atoms with Gasteiger partial charge in [-0.25, -0.2) is 4.79 Å². The molecule has 0 atom stereocenters. The van der Waals surface area contributed by atoms with Gasteiger partial charge in [0, 0.05) is 6.08 Å². The highest BCUT2D eigenvalue weighted by molar-refractivity contribution is 5.80. The number of carbonyl (C=O) groups is 2. The van der Waals surface area contributed by atoms with Crippen molar-refractivity contribution >= 4 is 11.9 Å². The van der Waals surface area contributed by atoms with Crippen LogP contribution >= 0.6 is 0 Å². The molecule has 0 amide bonds. The molecular formula is C9H12O4. The van der Waals surface area contributed by atoms with Gasteiger partial charge in [0.05, 0.1) is 5.41 Å². The van der Waals surface area contributed by atoms with Crippen LogP contribution in [0.5, 0.6) is 0 Å². The number of rotatable bonds is 3. The summed E-state index contributed by atoms with van der Waals surface area (Å²) < 4.78 is 0. The highest BCUT2D eigenvalue weighted by Crippen LogP contribution is 2.46. The summed E-state index contributed by atoms with van der Waals surface area (Å²) in [5, 5.41) is 16.0. The normalized spacial score (nSPS) is 16.0. The maximum atomic E-state index is 10.2. The van der Waals surface area contributed by atoms with Gasteiger partial charge in [-0.3, -0.25) is 4.79 Å². The zero-order valence-electron chi connectivity index (χ0n) is 7.19. The first-order valence-electron chi connectivity index (χ1n) is 3.71. The van der Waals surface area contributed by atoms with Crippen molar-refractivity contribution in [2.75, 3.05) is 0 Å². The third-order valence-electron chi connectivity index (χ3n) is 1.78. The van der Waals surface area contributed by atoms with Crippen LogP contribution in [0.4, 0.5) is 0 Å². The minimum atomic E-state index is -0.981. The van der Waals surface area contributed by atoms with Crippen molar-refractivity contribution in [3.8, 4) is 0 Å². The zero-order chi connectivity index (χ0) is 10.5. The summed E-state index contributed by atoms with van der Waals surface area (Å²) in [6.07, 6.45) is 3.90. The van der Waals surface area contributed by atoms with Crippen LogP contribution in [0.2, 0.25) is 0 Å². The maximum absolute atomic E-state index is 10.2. The fourth-order valence-electron chi connectivity index (χ4n) is 0.640. The van der Waals surface area contributed by atoms with Crippen LogP contribution in [0.1, 0.15) is 12.8 Å². The zero-order valence-corrected chi connectivity index (χ0v) is 7.19. The van der Waals surface area contributed by atoms with E-state index in [1.54, 1.807) is 0 Å². The maximum Gasteiger partial charge on any atom is 0.327 e. The molecule has 13 heavy (non-hydrogen) atoms. The first-order chi connectivity index (χ1) is 5.98. The Kier molecular flexibility index (Phi) is 3.91. The molecule has 1 rings (SSSR count). The summed E-state index contributed by atoms with van der Waals surface area (Å²) in [6.45, 7) is 6.40. The molecular weight excluding hydrogens is 172 g/mol. The molecule has 0 heterocycles. The Labute approximate surface area is 76.2 Å². The van der Waals surface area contributed by atoms with E-state index in [-0.39, 0.29) is 0 Å². The average Bonchev–Trinajstić information content (AvgIpc) is 2.85. The average molecular weight is 184 g/mol. The molecule has 4 nitrogen and oxygen atoms in total. The molecule has 4 heteroatoms. The van der Waals surface area contributed by atoms with Crippen molar-refractivity contribution in [2.24, 2.45) is 5.41 Å². The summed E-state index contributed by atoms with van der Waals surface area (Å²) in [5.41, 5.74) is -0.528. The Morgan fingerprint density at radius 1 is 1.23 bits per heavy atom. The molecule has 0 unspecified atom stereocenters. The lowest BCUT2D eigenvalue weighted by Gasteiger charge is -1.97. The number of hydrogen-bond acceptors (Lipinski definition) is 2. The lowest BCUT2D eigenvalue weighted by atomic mass is 10.1. The van der Waals surface area contributed by atoms with Crippen molar-refractivity contribution < 1.29 is 19.8 Å². The molecule has 0 aliphatic heterocycles. The minimum Gasteiger partial charge on any atom is -0.481 e. The number of hydrogen-bond donors (Lipinski definition) is 2. The monoisotopic (exact) mass is 184 g/mol. The van der Waals surface area contributed by atoms with Gasteiger partial charge in [-0.1, -0.05) is 12.7 Å². The first kappa shape index (κ1) is 11.4.